The summed E-state index contributed by atoms with van der Waals surface area (Å²) in [6, 6.07) is 7.94. The molecule has 3 nitrogen and oxygen atoms in total. The van der Waals surface area contributed by atoms with Crippen LogP contribution in [0.4, 0.5) is 5.69 Å². The molecule has 100 valence electrons. The highest BCUT2D eigenvalue weighted by Gasteiger charge is 2.12. The van der Waals surface area contributed by atoms with E-state index in [4.69, 9.17) is 5.73 Å². The number of hydrogen-bond donors (Lipinski definition) is 2. The molecule has 1 aromatic rings. The minimum absolute atomic E-state index is 0.116. The van der Waals surface area contributed by atoms with Crippen molar-refractivity contribution in [1.82, 2.24) is 5.32 Å². The zero-order valence-electron chi connectivity index (χ0n) is 11.6. The highest BCUT2D eigenvalue weighted by atomic mass is 16.1. The van der Waals surface area contributed by atoms with Crippen LogP contribution in [-0.4, -0.2) is 11.9 Å². The van der Waals surface area contributed by atoms with E-state index in [1.807, 2.05) is 24.3 Å². The predicted octanol–water partition coefficient (Wildman–Crippen LogP) is 2.75. The third kappa shape index (κ3) is 4.78. The van der Waals surface area contributed by atoms with Crippen molar-refractivity contribution in [2.24, 2.45) is 5.92 Å². The number of benzene rings is 1. The molecule has 0 aromatic heterocycles. The number of hydrogen-bond acceptors (Lipinski definition) is 2. The van der Waals surface area contributed by atoms with Crippen molar-refractivity contribution in [1.29, 1.82) is 0 Å². The Morgan fingerprint density at radius 2 is 2.11 bits per heavy atom. The summed E-state index contributed by atoms with van der Waals surface area (Å²) in [6.45, 7) is 6.36. The fourth-order valence-electron chi connectivity index (χ4n) is 1.83. The fraction of sp³-hybridized carbons (Fsp3) is 0.533. The summed E-state index contributed by atoms with van der Waals surface area (Å²) in [5.41, 5.74) is 7.57. The van der Waals surface area contributed by atoms with Crippen LogP contribution < -0.4 is 11.1 Å². The van der Waals surface area contributed by atoms with E-state index in [-0.39, 0.29) is 11.9 Å². The van der Waals surface area contributed by atoms with E-state index >= 15 is 0 Å². The molecule has 2 atom stereocenters. The zero-order chi connectivity index (χ0) is 13.5. The first-order chi connectivity index (χ1) is 8.52. The molecule has 0 aliphatic heterocycles. The molecule has 1 aromatic carbocycles. The molecule has 0 saturated carbocycles. The number of anilines is 1. The van der Waals surface area contributed by atoms with E-state index in [0.717, 1.165) is 24.1 Å². The normalized spacial score (nSPS) is 13.9. The topological polar surface area (TPSA) is 55.1 Å². The molecule has 3 N–H and O–H groups in total. The second-order valence-corrected chi connectivity index (χ2v) is 4.99. The van der Waals surface area contributed by atoms with Crippen molar-refractivity contribution in [3.8, 4) is 0 Å². The van der Waals surface area contributed by atoms with Gasteiger partial charge in [-0.3, -0.25) is 4.79 Å². The Bertz CT molecular complexity index is 390. The fourth-order valence-corrected chi connectivity index (χ4v) is 1.83. The standard InChI is InChI=1S/C15H24N2O/c1-4-11(2)12(3)17-15(18)9-8-13-6-5-7-14(16)10-13/h5-7,10-12H,4,8-9,16H2,1-3H3,(H,17,18). The van der Waals surface area contributed by atoms with E-state index in [9.17, 15) is 4.79 Å². The van der Waals surface area contributed by atoms with Gasteiger partial charge in [-0.2, -0.15) is 0 Å². The summed E-state index contributed by atoms with van der Waals surface area (Å²) in [5, 5.41) is 3.05. The predicted molar refractivity (Wildman–Crippen MR) is 76.2 cm³/mol. The molecule has 2 unspecified atom stereocenters. The SMILES string of the molecule is CCC(C)C(C)NC(=O)CCc1cccc(N)c1. The van der Waals surface area contributed by atoms with Gasteiger partial charge in [-0.1, -0.05) is 32.4 Å². The van der Waals surface area contributed by atoms with Crippen LogP contribution in [-0.2, 0) is 11.2 Å². The van der Waals surface area contributed by atoms with Gasteiger partial charge in [0.15, 0.2) is 0 Å². The largest absolute Gasteiger partial charge is 0.399 e. The Labute approximate surface area is 110 Å². The van der Waals surface area contributed by atoms with Gasteiger partial charge in [-0.15, -0.1) is 0 Å². The Kier molecular flexibility index (Phi) is 5.69. The second-order valence-electron chi connectivity index (χ2n) is 4.99. The van der Waals surface area contributed by atoms with Crippen LogP contribution in [0.5, 0.6) is 0 Å². The minimum atomic E-state index is 0.116. The molecular weight excluding hydrogens is 224 g/mol. The Hall–Kier alpha value is -1.51. The van der Waals surface area contributed by atoms with Gasteiger partial charge in [-0.05, 0) is 37.0 Å². The smallest absolute Gasteiger partial charge is 0.220 e. The molecule has 1 amide bonds. The van der Waals surface area contributed by atoms with Gasteiger partial charge in [0, 0.05) is 18.2 Å². The van der Waals surface area contributed by atoms with Crippen LogP contribution in [0.2, 0.25) is 0 Å². The zero-order valence-corrected chi connectivity index (χ0v) is 11.6. The van der Waals surface area contributed by atoms with Gasteiger partial charge in [0.25, 0.3) is 0 Å². The molecule has 0 aliphatic carbocycles. The average molecular weight is 248 g/mol. The van der Waals surface area contributed by atoms with Crippen LogP contribution in [0.25, 0.3) is 0 Å². The van der Waals surface area contributed by atoms with Crippen LogP contribution in [0.15, 0.2) is 24.3 Å². The van der Waals surface area contributed by atoms with Crippen LogP contribution in [0.1, 0.15) is 39.2 Å². The summed E-state index contributed by atoms with van der Waals surface area (Å²) in [6.07, 6.45) is 2.34. The highest BCUT2D eigenvalue weighted by molar-refractivity contribution is 5.76. The van der Waals surface area contributed by atoms with Crippen molar-refractivity contribution < 1.29 is 4.79 Å². The lowest BCUT2D eigenvalue weighted by Gasteiger charge is -2.19. The lowest BCUT2D eigenvalue weighted by Crippen LogP contribution is -2.36. The Morgan fingerprint density at radius 1 is 1.39 bits per heavy atom. The quantitative estimate of drug-likeness (QED) is 0.761. The number of carbonyl (C=O) groups is 1. The number of nitrogens with one attached hydrogen (secondary N) is 1. The van der Waals surface area contributed by atoms with Crippen molar-refractivity contribution in [2.45, 2.75) is 46.1 Å². The van der Waals surface area contributed by atoms with Gasteiger partial charge in [0.2, 0.25) is 5.91 Å². The van der Waals surface area contributed by atoms with Crippen LogP contribution >= 0.6 is 0 Å². The average Bonchev–Trinajstić information content (AvgIpc) is 2.35. The van der Waals surface area contributed by atoms with Crippen molar-refractivity contribution in [2.75, 3.05) is 5.73 Å². The Morgan fingerprint density at radius 3 is 2.72 bits per heavy atom. The van der Waals surface area contributed by atoms with Crippen molar-refractivity contribution in [3.63, 3.8) is 0 Å². The molecule has 0 heterocycles. The molecule has 0 saturated heterocycles. The van der Waals surface area contributed by atoms with Crippen molar-refractivity contribution in [3.05, 3.63) is 29.8 Å². The van der Waals surface area contributed by atoms with Gasteiger partial charge >= 0.3 is 0 Å². The maximum Gasteiger partial charge on any atom is 0.220 e. The molecule has 3 heteroatoms. The van der Waals surface area contributed by atoms with Gasteiger partial charge in [-0.25, -0.2) is 0 Å². The van der Waals surface area contributed by atoms with E-state index in [1.54, 1.807) is 0 Å². The lowest BCUT2D eigenvalue weighted by atomic mass is 10.0. The summed E-state index contributed by atoms with van der Waals surface area (Å²) < 4.78 is 0. The van der Waals surface area contributed by atoms with Crippen molar-refractivity contribution >= 4 is 11.6 Å². The number of rotatable bonds is 6. The minimum Gasteiger partial charge on any atom is -0.399 e. The first kappa shape index (κ1) is 14.6. The molecule has 0 fully saturated rings. The summed E-state index contributed by atoms with van der Waals surface area (Å²) in [4.78, 5) is 11.8. The summed E-state index contributed by atoms with van der Waals surface area (Å²) >= 11 is 0. The van der Waals surface area contributed by atoms with E-state index < -0.39 is 0 Å². The first-order valence-electron chi connectivity index (χ1n) is 6.66. The van der Waals surface area contributed by atoms with Gasteiger partial charge in [0.05, 0.1) is 0 Å². The molecule has 1 rings (SSSR count). The van der Waals surface area contributed by atoms with Crippen LogP contribution in [0.3, 0.4) is 0 Å². The number of amides is 1. The summed E-state index contributed by atoms with van der Waals surface area (Å²) in [5.74, 6) is 0.631. The number of aryl methyl sites for hydroxylation is 1. The molecule has 0 aliphatic rings. The Balaban J connectivity index is 2.37. The third-order valence-corrected chi connectivity index (χ3v) is 3.48. The number of nitrogens with two attached hydrogens (primary N) is 1. The number of nitrogen functional groups attached to an aromatic ring is 1. The first-order valence-corrected chi connectivity index (χ1v) is 6.66. The van der Waals surface area contributed by atoms with Gasteiger partial charge < -0.3 is 11.1 Å². The van der Waals surface area contributed by atoms with E-state index in [2.05, 4.69) is 26.1 Å². The van der Waals surface area contributed by atoms with E-state index in [0.29, 0.717) is 12.3 Å². The monoisotopic (exact) mass is 248 g/mol. The maximum absolute atomic E-state index is 11.8. The van der Waals surface area contributed by atoms with Gasteiger partial charge in [0.1, 0.15) is 0 Å². The third-order valence-electron chi connectivity index (χ3n) is 3.48. The molecule has 0 spiro atoms. The molecule has 0 bridgehead atoms. The lowest BCUT2D eigenvalue weighted by molar-refractivity contribution is -0.122. The summed E-state index contributed by atoms with van der Waals surface area (Å²) in [7, 11) is 0. The molecular formula is C15H24N2O. The molecule has 0 radical (unpaired) electrons. The van der Waals surface area contributed by atoms with Crippen LogP contribution in [0, 0.1) is 5.92 Å². The highest BCUT2D eigenvalue weighted by Crippen LogP contribution is 2.10. The van der Waals surface area contributed by atoms with E-state index in [1.165, 1.54) is 0 Å². The number of carbonyl (C=O) groups excluding carboxylic acids is 1. The second kappa shape index (κ2) is 7.04. The maximum atomic E-state index is 11.8. The molecule has 18 heavy (non-hydrogen) atoms.